The fourth-order valence-electron chi connectivity index (χ4n) is 3.30. The minimum atomic E-state index is -1.23. The highest BCUT2D eigenvalue weighted by Crippen LogP contribution is 2.24. The number of benzene rings is 1. The molecule has 2 unspecified atom stereocenters. The number of methoxy groups -OCH3 is 1. The molecule has 4 amide bonds. The number of alkyl carbamates (subject to hydrolysis) is 1. The highest BCUT2D eigenvalue weighted by molar-refractivity contribution is 5.93. The first kappa shape index (κ1) is 30.1. The molecule has 0 saturated carbocycles. The monoisotopic (exact) mass is 504 g/mol. The molecule has 2 atom stereocenters. The van der Waals surface area contributed by atoms with Crippen LogP contribution in [0.1, 0.15) is 50.8 Å². The molecular weight excluding hydrogens is 468 g/mol. The Labute approximate surface area is 211 Å². The molecule has 1 aromatic rings. The van der Waals surface area contributed by atoms with E-state index in [0.717, 1.165) is 5.56 Å². The van der Waals surface area contributed by atoms with E-state index in [-0.39, 0.29) is 19.4 Å². The van der Waals surface area contributed by atoms with E-state index in [0.29, 0.717) is 5.56 Å². The molecule has 11 nitrogen and oxygen atoms in total. The standard InChI is InChI=1S/C25H36N4O7/c1-7-13-29(23(33)18(11-12-19(26)30)28-24(34)36-25(3,4)5)21(17-10-8-9-16(2)14-17)22(32)27-15-20(31)35-6/h7-10,14,18,21H,1,11-13,15H2,2-6H3,(H2,26,30)(H,27,32)(H,28,34). The van der Waals surface area contributed by atoms with Crippen LogP contribution in [-0.4, -0.2) is 66.5 Å². The summed E-state index contributed by atoms with van der Waals surface area (Å²) in [6, 6.07) is 4.53. The Balaban J connectivity index is 3.43. The van der Waals surface area contributed by atoms with Gasteiger partial charge in [-0.15, -0.1) is 6.58 Å². The molecule has 0 aliphatic rings. The second kappa shape index (κ2) is 13.9. The lowest BCUT2D eigenvalue weighted by atomic mass is 10.00. The highest BCUT2D eigenvalue weighted by atomic mass is 16.6. The van der Waals surface area contributed by atoms with Crippen molar-refractivity contribution in [3.8, 4) is 0 Å². The van der Waals surface area contributed by atoms with Gasteiger partial charge in [0, 0.05) is 13.0 Å². The molecule has 0 heterocycles. The van der Waals surface area contributed by atoms with Crippen molar-refractivity contribution < 1.29 is 33.4 Å². The number of nitrogens with two attached hydrogens (primary N) is 1. The van der Waals surface area contributed by atoms with E-state index in [1.54, 1.807) is 39.0 Å². The van der Waals surface area contributed by atoms with Crippen molar-refractivity contribution in [1.29, 1.82) is 0 Å². The van der Waals surface area contributed by atoms with Crippen LogP contribution in [0.4, 0.5) is 4.79 Å². The van der Waals surface area contributed by atoms with Gasteiger partial charge in [-0.05, 0) is 39.7 Å². The second-order valence-corrected chi connectivity index (χ2v) is 9.09. The lowest BCUT2D eigenvalue weighted by molar-refractivity contribution is -0.144. The van der Waals surface area contributed by atoms with Gasteiger partial charge in [0.15, 0.2) is 0 Å². The predicted molar refractivity (Wildman–Crippen MR) is 132 cm³/mol. The normalized spacial score (nSPS) is 12.5. The zero-order valence-electron chi connectivity index (χ0n) is 21.5. The van der Waals surface area contributed by atoms with Gasteiger partial charge in [0.1, 0.15) is 24.2 Å². The fourth-order valence-corrected chi connectivity index (χ4v) is 3.30. The van der Waals surface area contributed by atoms with E-state index in [1.807, 2.05) is 13.0 Å². The number of esters is 1. The summed E-state index contributed by atoms with van der Waals surface area (Å²) >= 11 is 0. The van der Waals surface area contributed by atoms with Gasteiger partial charge >= 0.3 is 12.1 Å². The van der Waals surface area contributed by atoms with Crippen molar-refractivity contribution in [1.82, 2.24) is 15.5 Å². The van der Waals surface area contributed by atoms with Crippen molar-refractivity contribution in [2.75, 3.05) is 20.2 Å². The van der Waals surface area contributed by atoms with Crippen LogP contribution in [0, 0.1) is 6.92 Å². The molecule has 0 fully saturated rings. The number of primary amides is 1. The number of nitrogens with one attached hydrogen (secondary N) is 2. The van der Waals surface area contributed by atoms with Gasteiger partial charge < -0.3 is 30.7 Å². The maximum absolute atomic E-state index is 13.7. The van der Waals surface area contributed by atoms with Crippen LogP contribution in [0.5, 0.6) is 0 Å². The minimum Gasteiger partial charge on any atom is -0.468 e. The number of carbonyl (C=O) groups excluding carboxylic acids is 5. The Bertz CT molecular complexity index is 971. The number of hydrogen-bond donors (Lipinski definition) is 3. The van der Waals surface area contributed by atoms with E-state index in [4.69, 9.17) is 10.5 Å². The van der Waals surface area contributed by atoms with Crippen LogP contribution in [0.25, 0.3) is 0 Å². The maximum atomic E-state index is 13.7. The smallest absolute Gasteiger partial charge is 0.408 e. The summed E-state index contributed by atoms with van der Waals surface area (Å²) in [4.78, 5) is 63.7. The van der Waals surface area contributed by atoms with Crippen LogP contribution in [0.2, 0.25) is 0 Å². The summed E-state index contributed by atoms with van der Waals surface area (Å²) in [5.74, 6) is -2.65. The average molecular weight is 505 g/mol. The molecule has 0 radical (unpaired) electrons. The Kier molecular flexibility index (Phi) is 11.6. The molecule has 0 bridgehead atoms. The molecule has 0 aromatic heterocycles. The van der Waals surface area contributed by atoms with Crippen LogP contribution in [0.15, 0.2) is 36.9 Å². The average Bonchev–Trinajstić information content (AvgIpc) is 2.78. The topological polar surface area (TPSA) is 157 Å². The predicted octanol–water partition coefficient (Wildman–Crippen LogP) is 1.50. The number of rotatable bonds is 12. The van der Waals surface area contributed by atoms with Gasteiger partial charge in [-0.25, -0.2) is 4.79 Å². The third kappa shape index (κ3) is 10.2. The quantitative estimate of drug-likeness (QED) is 0.287. The van der Waals surface area contributed by atoms with E-state index >= 15 is 0 Å². The second-order valence-electron chi connectivity index (χ2n) is 9.09. The molecule has 1 rings (SSSR count). The number of ether oxygens (including phenoxy) is 2. The number of amides is 4. The first-order valence-corrected chi connectivity index (χ1v) is 11.4. The number of carbonyl (C=O) groups is 5. The summed E-state index contributed by atoms with van der Waals surface area (Å²) in [5, 5.41) is 4.96. The van der Waals surface area contributed by atoms with E-state index in [1.165, 1.54) is 18.1 Å². The van der Waals surface area contributed by atoms with E-state index < -0.39 is 54.0 Å². The van der Waals surface area contributed by atoms with Gasteiger partial charge in [-0.1, -0.05) is 35.9 Å². The van der Waals surface area contributed by atoms with Gasteiger partial charge in [-0.3, -0.25) is 19.2 Å². The molecule has 0 spiro atoms. The Morgan fingerprint density at radius 3 is 2.39 bits per heavy atom. The molecule has 1 aromatic carbocycles. The van der Waals surface area contributed by atoms with Crippen LogP contribution in [-0.2, 0) is 28.7 Å². The molecule has 11 heteroatoms. The Hall–Kier alpha value is -3.89. The Morgan fingerprint density at radius 2 is 1.86 bits per heavy atom. The molecular formula is C25H36N4O7. The summed E-state index contributed by atoms with van der Waals surface area (Å²) in [5.41, 5.74) is 5.75. The zero-order valence-corrected chi connectivity index (χ0v) is 21.5. The fraction of sp³-hybridized carbons (Fsp3) is 0.480. The van der Waals surface area contributed by atoms with Crippen molar-refractivity contribution in [3.63, 3.8) is 0 Å². The molecule has 198 valence electrons. The molecule has 4 N–H and O–H groups in total. The summed E-state index contributed by atoms with van der Waals surface area (Å²) in [6.07, 6.45) is 0.238. The molecule has 0 aliphatic heterocycles. The maximum Gasteiger partial charge on any atom is 0.408 e. The van der Waals surface area contributed by atoms with Gasteiger partial charge in [0.05, 0.1) is 7.11 Å². The summed E-state index contributed by atoms with van der Waals surface area (Å²) < 4.78 is 9.84. The number of nitrogens with zero attached hydrogens (tertiary/aromatic N) is 1. The molecule has 0 aliphatic carbocycles. The third-order valence-corrected chi connectivity index (χ3v) is 4.83. The van der Waals surface area contributed by atoms with Crippen molar-refractivity contribution >= 4 is 29.8 Å². The molecule has 36 heavy (non-hydrogen) atoms. The van der Waals surface area contributed by atoms with Crippen LogP contribution in [0.3, 0.4) is 0 Å². The largest absolute Gasteiger partial charge is 0.468 e. The summed E-state index contributed by atoms with van der Waals surface area (Å²) in [6.45, 7) is 10.0. The first-order valence-electron chi connectivity index (χ1n) is 11.4. The van der Waals surface area contributed by atoms with Crippen LogP contribution < -0.4 is 16.4 Å². The van der Waals surface area contributed by atoms with Gasteiger partial charge in [0.25, 0.3) is 0 Å². The SMILES string of the molecule is C=CCN(C(=O)C(CCC(N)=O)NC(=O)OC(C)(C)C)C(C(=O)NCC(=O)OC)c1cccc(C)c1. The van der Waals surface area contributed by atoms with E-state index in [9.17, 15) is 24.0 Å². The zero-order chi connectivity index (χ0) is 27.5. The lowest BCUT2D eigenvalue weighted by Crippen LogP contribution is -2.53. The Morgan fingerprint density at radius 1 is 1.19 bits per heavy atom. The molecule has 0 saturated heterocycles. The van der Waals surface area contributed by atoms with E-state index in [2.05, 4.69) is 21.9 Å². The van der Waals surface area contributed by atoms with Crippen molar-refractivity contribution in [2.45, 2.75) is 58.2 Å². The van der Waals surface area contributed by atoms with Crippen molar-refractivity contribution in [3.05, 3.63) is 48.0 Å². The van der Waals surface area contributed by atoms with Crippen LogP contribution >= 0.6 is 0 Å². The third-order valence-electron chi connectivity index (χ3n) is 4.83. The highest BCUT2D eigenvalue weighted by Gasteiger charge is 2.36. The minimum absolute atomic E-state index is 0.0772. The van der Waals surface area contributed by atoms with Gasteiger partial charge in [-0.2, -0.15) is 0 Å². The number of aryl methyl sites for hydroxylation is 1. The summed E-state index contributed by atoms with van der Waals surface area (Å²) in [7, 11) is 1.19. The number of hydrogen-bond acceptors (Lipinski definition) is 7. The van der Waals surface area contributed by atoms with Gasteiger partial charge in [0.2, 0.25) is 17.7 Å². The lowest BCUT2D eigenvalue weighted by Gasteiger charge is -2.34. The van der Waals surface area contributed by atoms with Crippen molar-refractivity contribution in [2.24, 2.45) is 5.73 Å². The first-order chi connectivity index (χ1) is 16.8.